The molecule has 0 aliphatic carbocycles. The number of rotatable bonds is 6. The highest BCUT2D eigenvalue weighted by Crippen LogP contribution is 2.45. The number of methoxy groups -OCH3 is 2. The van der Waals surface area contributed by atoms with Gasteiger partial charge in [0, 0.05) is 29.4 Å². The van der Waals surface area contributed by atoms with Gasteiger partial charge in [0.25, 0.3) is 11.7 Å². The first-order valence-corrected chi connectivity index (χ1v) is 11.2. The molecule has 0 saturated carbocycles. The number of aliphatic hydroxyl groups excluding tert-OH is 1. The zero-order chi connectivity index (χ0) is 26.0. The topological polar surface area (TPSA) is 105 Å². The summed E-state index contributed by atoms with van der Waals surface area (Å²) >= 11 is 0. The van der Waals surface area contributed by atoms with Gasteiger partial charge in [-0.2, -0.15) is 0 Å². The third kappa shape index (κ3) is 4.40. The minimum absolute atomic E-state index is 0.0669. The zero-order valence-corrected chi connectivity index (χ0v) is 20.4. The molecule has 1 aliphatic rings. The van der Waals surface area contributed by atoms with Gasteiger partial charge < -0.3 is 19.9 Å². The van der Waals surface area contributed by atoms with Crippen LogP contribution >= 0.6 is 0 Å². The number of hydrogen-bond acceptors (Lipinski definition) is 6. The zero-order valence-electron chi connectivity index (χ0n) is 20.4. The van der Waals surface area contributed by atoms with E-state index >= 15 is 0 Å². The SMILES string of the molecule is COc1ccc(/C(O)=C2\C(=O)C(=O)N(c3cccc(NC(C)=O)c3)C2c2ccccc2OC)c(C)c1. The first kappa shape index (κ1) is 24.5. The molecule has 0 radical (unpaired) electrons. The number of anilines is 2. The van der Waals surface area contributed by atoms with Gasteiger partial charge in [0.15, 0.2) is 0 Å². The van der Waals surface area contributed by atoms with Crippen LogP contribution in [0.3, 0.4) is 0 Å². The number of para-hydroxylation sites is 1. The number of aryl methyl sites for hydroxylation is 1. The molecule has 1 saturated heterocycles. The van der Waals surface area contributed by atoms with Crippen LogP contribution in [0.4, 0.5) is 11.4 Å². The fourth-order valence-corrected chi connectivity index (χ4v) is 4.40. The van der Waals surface area contributed by atoms with E-state index in [1.54, 1.807) is 73.7 Å². The van der Waals surface area contributed by atoms with E-state index in [0.29, 0.717) is 39.6 Å². The van der Waals surface area contributed by atoms with E-state index in [-0.39, 0.29) is 17.2 Å². The number of amides is 2. The van der Waals surface area contributed by atoms with Crippen molar-refractivity contribution in [3.63, 3.8) is 0 Å². The van der Waals surface area contributed by atoms with Crippen LogP contribution in [0.5, 0.6) is 11.5 Å². The van der Waals surface area contributed by atoms with E-state index in [1.165, 1.54) is 26.0 Å². The maximum atomic E-state index is 13.4. The van der Waals surface area contributed by atoms with Gasteiger partial charge in [-0.25, -0.2) is 0 Å². The Morgan fingerprint density at radius 2 is 1.72 bits per heavy atom. The molecular weight excluding hydrogens is 460 g/mol. The number of benzene rings is 3. The summed E-state index contributed by atoms with van der Waals surface area (Å²) < 4.78 is 10.8. The maximum Gasteiger partial charge on any atom is 0.300 e. The summed E-state index contributed by atoms with van der Waals surface area (Å²) in [6, 6.07) is 17.7. The molecule has 3 aromatic carbocycles. The molecule has 8 heteroatoms. The van der Waals surface area contributed by atoms with Crippen LogP contribution in [-0.4, -0.2) is 36.9 Å². The van der Waals surface area contributed by atoms with Crippen molar-refractivity contribution in [2.45, 2.75) is 19.9 Å². The third-order valence-electron chi connectivity index (χ3n) is 6.01. The van der Waals surface area contributed by atoms with Crippen LogP contribution in [-0.2, 0) is 14.4 Å². The minimum Gasteiger partial charge on any atom is -0.507 e. The summed E-state index contributed by atoms with van der Waals surface area (Å²) in [5.41, 5.74) is 2.38. The van der Waals surface area contributed by atoms with Gasteiger partial charge >= 0.3 is 0 Å². The van der Waals surface area contributed by atoms with Gasteiger partial charge in [0.05, 0.1) is 25.8 Å². The number of carbonyl (C=O) groups excluding carboxylic acids is 3. The summed E-state index contributed by atoms with van der Waals surface area (Å²) in [5.74, 6) is -1.16. The minimum atomic E-state index is -0.977. The molecule has 3 aromatic rings. The number of aliphatic hydroxyl groups is 1. The van der Waals surface area contributed by atoms with Gasteiger partial charge in [-0.05, 0) is 55.0 Å². The summed E-state index contributed by atoms with van der Waals surface area (Å²) in [4.78, 5) is 39.8. The molecule has 0 bridgehead atoms. The Bertz CT molecular complexity index is 1390. The van der Waals surface area contributed by atoms with Crippen LogP contribution < -0.4 is 19.7 Å². The summed E-state index contributed by atoms with van der Waals surface area (Å²) in [6.45, 7) is 3.16. The highest BCUT2D eigenvalue weighted by Gasteiger charge is 2.48. The van der Waals surface area contributed by atoms with Gasteiger partial charge in [-0.1, -0.05) is 24.3 Å². The molecule has 0 spiro atoms. The number of nitrogens with zero attached hydrogens (tertiary/aromatic N) is 1. The van der Waals surface area contributed by atoms with E-state index in [1.807, 2.05) is 0 Å². The van der Waals surface area contributed by atoms with E-state index in [9.17, 15) is 19.5 Å². The van der Waals surface area contributed by atoms with Crippen molar-refractivity contribution in [2.75, 3.05) is 24.4 Å². The van der Waals surface area contributed by atoms with E-state index in [2.05, 4.69) is 5.32 Å². The van der Waals surface area contributed by atoms with E-state index in [4.69, 9.17) is 9.47 Å². The average Bonchev–Trinajstić information content (AvgIpc) is 3.13. The first-order valence-electron chi connectivity index (χ1n) is 11.2. The summed E-state index contributed by atoms with van der Waals surface area (Å²) in [6.07, 6.45) is 0. The lowest BCUT2D eigenvalue weighted by Gasteiger charge is -2.27. The van der Waals surface area contributed by atoms with Gasteiger partial charge in [-0.15, -0.1) is 0 Å². The molecule has 184 valence electrons. The lowest BCUT2D eigenvalue weighted by Crippen LogP contribution is -2.29. The molecule has 1 fully saturated rings. The largest absolute Gasteiger partial charge is 0.507 e. The maximum absolute atomic E-state index is 13.4. The van der Waals surface area contributed by atoms with Crippen molar-refractivity contribution in [1.29, 1.82) is 0 Å². The first-order chi connectivity index (χ1) is 17.3. The Morgan fingerprint density at radius 3 is 2.39 bits per heavy atom. The van der Waals surface area contributed by atoms with Crippen molar-refractivity contribution in [2.24, 2.45) is 0 Å². The van der Waals surface area contributed by atoms with Crippen molar-refractivity contribution < 1.29 is 29.0 Å². The molecule has 1 atom stereocenters. The van der Waals surface area contributed by atoms with Crippen molar-refractivity contribution in [3.05, 3.63) is 89.0 Å². The highest BCUT2D eigenvalue weighted by molar-refractivity contribution is 6.51. The monoisotopic (exact) mass is 486 g/mol. The van der Waals surface area contributed by atoms with Crippen LogP contribution in [0.2, 0.25) is 0 Å². The second kappa shape index (κ2) is 9.95. The number of nitrogens with one attached hydrogen (secondary N) is 1. The Kier molecular flexibility index (Phi) is 6.78. The van der Waals surface area contributed by atoms with E-state index < -0.39 is 17.7 Å². The molecule has 0 aromatic heterocycles. The van der Waals surface area contributed by atoms with Gasteiger partial charge in [-0.3, -0.25) is 19.3 Å². The molecule has 1 heterocycles. The van der Waals surface area contributed by atoms with Crippen LogP contribution in [0.15, 0.2) is 72.3 Å². The summed E-state index contributed by atoms with van der Waals surface area (Å²) in [5, 5.41) is 14.1. The molecule has 8 nitrogen and oxygen atoms in total. The fraction of sp³-hybridized carbons (Fsp3) is 0.179. The Balaban J connectivity index is 1.97. The average molecular weight is 487 g/mol. The Hall–Kier alpha value is -4.59. The van der Waals surface area contributed by atoms with Gasteiger partial charge in [0.2, 0.25) is 5.91 Å². The molecule has 1 unspecified atom stereocenters. The van der Waals surface area contributed by atoms with Crippen LogP contribution in [0.25, 0.3) is 5.76 Å². The lowest BCUT2D eigenvalue weighted by atomic mass is 9.93. The Labute approximate surface area is 208 Å². The van der Waals surface area contributed by atoms with Crippen molar-refractivity contribution >= 4 is 34.7 Å². The standard InChI is InChI=1S/C28H26N2O6/c1-16-14-20(35-3)12-13-21(16)26(32)24-25(22-10-5-6-11-23(22)36-4)30(28(34)27(24)33)19-9-7-8-18(15-19)29-17(2)31/h5-15,25,32H,1-4H3,(H,29,31)/b26-24+. The Morgan fingerprint density at radius 1 is 0.972 bits per heavy atom. The third-order valence-corrected chi connectivity index (χ3v) is 6.01. The number of hydrogen-bond donors (Lipinski definition) is 2. The second-order valence-electron chi connectivity index (χ2n) is 8.32. The normalized spacial score (nSPS) is 16.7. The summed E-state index contributed by atoms with van der Waals surface area (Å²) in [7, 11) is 3.03. The molecule has 2 N–H and O–H groups in total. The molecular formula is C28H26N2O6. The smallest absolute Gasteiger partial charge is 0.300 e. The number of Topliss-reactive ketones (excluding diaryl/α,β-unsaturated/α-hetero) is 1. The number of carbonyl (C=O) groups is 3. The predicted molar refractivity (Wildman–Crippen MR) is 136 cm³/mol. The fourth-order valence-electron chi connectivity index (χ4n) is 4.40. The van der Waals surface area contributed by atoms with Crippen LogP contribution in [0.1, 0.15) is 29.7 Å². The second-order valence-corrected chi connectivity index (χ2v) is 8.32. The van der Waals surface area contributed by atoms with Gasteiger partial charge in [0.1, 0.15) is 17.3 Å². The van der Waals surface area contributed by atoms with Crippen molar-refractivity contribution in [3.8, 4) is 11.5 Å². The quantitative estimate of drug-likeness (QED) is 0.300. The van der Waals surface area contributed by atoms with E-state index in [0.717, 1.165) is 0 Å². The predicted octanol–water partition coefficient (Wildman–Crippen LogP) is 4.60. The molecule has 2 amide bonds. The molecule has 36 heavy (non-hydrogen) atoms. The number of ketones is 1. The van der Waals surface area contributed by atoms with Crippen LogP contribution in [0, 0.1) is 6.92 Å². The highest BCUT2D eigenvalue weighted by atomic mass is 16.5. The lowest BCUT2D eigenvalue weighted by molar-refractivity contribution is -0.132. The molecule has 1 aliphatic heterocycles. The number of ether oxygens (including phenoxy) is 2. The van der Waals surface area contributed by atoms with Crippen molar-refractivity contribution in [1.82, 2.24) is 0 Å². The molecule has 4 rings (SSSR count).